The third kappa shape index (κ3) is 1.28. The van der Waals surface area contributed by atoms with Crippen molar-refractivity contribution in [2.45, 2.75) is 25.8 Å². The van der Waals surface area contributed by atoms with Crippen molar-refractivity contribution in [1.82, 2.24) is 0 Å². The first-order valence-corrected chi connectivity index (χ1v) is 4.63. The van der Waals surface area contributed by atoms with Crippen molar-refractivity contribution in [1.29, 1.82) is 0 Å². The summed E-state index contributed by atoms with van der Waals surface area (Å²) in [5.74, 6) is 0. The molecule has 1 aliphatic carbocycles. The molecule has 1 aromatic carbocycles. The Hall–Kier alpha value is -1.42. The van der Waals surface area contributed by atoms with Crippen LogP contribution in [0.4, 0.5) is 5.69 Å². The number of fused-ring (bicyclic) bond motifs is 1. The molecule has 0 amide bonds. The highest BCUT2D eigenvalue weighted by Crippen LogP contribution is 2.33. The van der Waals surface area contributed by atoms with E-state index in [9.17, 15) is 10.1 Å². The predicted molar refractivity (Wildman–Crippen MR) is 53.1 cm³/mol. The Morgan fingerprint density at radius 2 is 2.29 bits per heavy atom. The average Bonchev–Trinajstić information content (AvgIpc) is 2.46. The maximum Gasteiger partial charge on any atom is 0.272 e. The standard InChI is InChI=1S/C10H12N2O2/c1-6-4-7-2-3-9(11)8(7)5-10(6)12(13)14/h4-5,9H,2-3,11H2,1H3. The van der Waals surface area contributed by atoms with E-state index in [1.54, 1.807) is 13.0 Å². The number of nitrogens with two attached hydrogens (primary N) is 1. The molecular weight excluding hydrogens is 180 g/mol. The third-order valence-electron chi connectivity index (χ3n) is 2.78. The minimum atomic E-state index is -0.347. The monoisotopic (exact) mass is 192 g/mol. The van der Waals surface area contributed by atoms with Gasteiger partial charge in [0.05, 0.1) is 4.92 Å². The molecule has 2 N–H and O–H groups in total. The van der Waals surface area contributed by atoms with Crippen LogP contribution < -0.4 is 5.73 Å². The van der Waals surface area contributed by atoms with Crippen LogP contribution in [0.1, 0.15) is 29.2 Å². The van der Waals surface area contributed by atoms with Crippen molar-refractivity contribution in [2.24, 2.45) is 5.73 Å². The molecular formula is C10H12N2O2. The Morgan fingerprint density at radius 3 is 2.93 bits per heavy atom. The van der Waals surface area contributed by atoms with Gasteiger partial charge in [0.15, 0.2) is 0 Å². The fourth-order valence-corrected chi connectivity index (χ4v) is 2.00. The van der Waals surface area contributed by atoms with Crippen molar-refractivity contribution in [2.75, 3.05) is 0 Å². The molecule has 4 heteroatoms. The topological polar surface area (TPSA) is 69.2 Å². The number of nitrogens with zero attached hydrogens (tertiary/aromatic N) is 1. The number of hydrogen-bond acceptors (Lipinski definition) is 3. The number of nitro groups is 1. The molecule has 0 fully saturated rings. The molecule has 0 bridgehead atoms. The van der Waals surface area contributed by atoms with Crippen molar-refractivity contribution in [3.8, 4) is 0 Å². The first kappa shape index (κ1) is 9.15. The van der Waals surface area contributed by atoms with Crippen LogP contribution in [0.2, 0.25) is 0 Å². The summed E-state index contributed by atoms with van der Waals surface area (Å²) in [6.07, 6.45) is 1.84. The Labute approximate surface area is 81.9 Å². The Morgan fingerprint density at radius 1 is 1.57 bits per heavy atom. The minimum absolute atomic E-state index is 0.0238. The molecule has 0 radical (unpaired) electrons. The molecule has 74 valence electrons. The highest BCUT2D eigenvalue weighted by molar-refractivity contribution is 5.49. The Kier molecular flexibility index (Phi) is 2.00. The molecule has 0 aromatic heterocycles. The zero-order valence-electron chi connectivity index (χ0n) is 7.99. The summed E-state index contributed by atoms with van der Waals surface area (Å²) in [6.45, 7) is 1.77. The molecule has 0 saturated heterocycles. The second-order valence-electron chi connectivity index (χ2n) is 3.74. The fourth-order valence-electron chi connectivity index (χ4n) is 2.00. The second kappa shape index (κ2) is 3.06. The summed E-state index contributed by atoms with van der Waals surface area (Å²) in [7, 11) is 0. The van der Waals surface area contributed by atoms with Crippen molar-refractivity contribution in [3.63, 3.8) is 0 Å². The second-order valence-corrected chi connectivity index (χ2v) is 3.74. The lowest BCUT2D eigenvalue weighted by Crippen LogP contribution is -2.06. The lowest BCUT2D eigenvalue weighted by molar-refractivity contribution is -0.385. The summed E-state index contributed by atoms with van der Waals surface area (Å²) in [4.78, 5) is 10.3. The summed E-state index contributed by atoms with van der Waals surface area (Å²) >= 11 is 0. The van der Waals surface area contributed by atoms with Gasteiger partial charge in [0, 0.05) is 17.7 Å². The third-order valence-corrected chi connectivity index (χ3v) is 2.78. The zero-order valence-corrected chi connectivity index (χ0v) is 7.99. The molecule has 1 aromatic rings. The first-order valence-electron chi connectivity index (χ1n) is 4.63. The quantitative estimate of drug-likeness (QED) is 0.545. The van der Waals surface area contributed by atoms with Gasteiger partial charge in [0.1, 0.15) is 0 Å². The van der Waals surface area contributed by atoms with Crippen LogP contribution in [0.25, 0.3) is 0 Å². The van der Waals surface area contributed by atoms with E-state index in [1.807, 2.05) is 6.07 Å². The summed E-state index contributed by atoms with van der Waals surface area (Å²) in [6, 6.07) is 3.49. The molecule has 2 rings (SSSR count). The van der Waals surface area contributed by atoms with E-state index in [1.165, 1.54) is 5.56 Å². The molecule has 1 atom stereocenters. The average molecular weight is 192 g/mol. The van der Waals surface area contributed by atoms with Crippen LogP contribution in [-0.4, -0.2) is 4.92 Å². The van der Waals surface area contributed by atoms with E-state index in [4.69, 9.17) is 5.73 Å². The molecule has 0 heterocycles. The SMILES string of the molecule is Cc1cc2c(cc1[N+](=O)[O-])C(N)CC2. The van der Waals surface area contributed by atoms with Crippen molar-refractivity contribution >= 4 is 5.69 Å². The Balaban J connectivity index is 2.57. The number of hydrogen-bond donors (Lipinski definition) is 1. The lowest BCUT2D eigenvalue weighted by Gasteiger charge is -2.05. The van der Waals surface area contributed by atoms with Gasteiger partial charge < -0.3 is 5.73 Å². The number of rotatable bonds is 1. The molecule has 14 heavy (non-hydrogen) atoms. The predicted octanol–water partition coefficient (Wildman–Crippen LogP) is 1.85. The van der Waals surface area contributed by atoms with Gasteiger partial charge in [0.2, 0.25) is 0 Å². The molecule has 0 saturated carbocycles. The van der Waals surface area contributed by atoms with Crippen LogP contribution in [0.3, 0.4) is 0 Å². The van der Waals surface area contributed by atoms with E-state index in [0.717, 1.165) is 24.0 Å². The van der Waals surface area contributed by atoms with Crippen LogP contribution >= 0.6 is 0 Å². The fraction of sp³-hybridized carbons (Fsp3) is 0.400. The summed E-state index contributed by atoms with van der Waals surface area (Å²) in [5.41, 5.74) is 8.86. The lowest BCUT2D eigenvalue weighted by atomic mass is 10.0. The van der Waals surface area contributed by atoms with Gasteiger partial charge >= 0.3 is 0 Å². The number of aryl methyl sites for hydroxylation is 2. The van der Waals surface area contributed by atoms with E-state index >= 15 is 0 Å². The van der Waals surface area contributed by atoms with E-state index in [-0.39, 0.29) is 16.7 Å². The van der Waals surface area contributed by atoms with Gasteiger partial charge in [-0.3, -0.25) is 10.1 Å². The normalized spacial score (nSPS) is 19.4. The van der Waals surface area contributed by atoms with Gasteiger partial charge in [-0.1, -0.05) is 0 Å². The maximum atomic E-state index is 10.7. The van der Waals surface area contributed by atoms with Gasteiger partial charge in [-0.05, 0) is 37.0 Å². The minimum Gasteiger partial charge on any atom is -0.324 e. The van der Waals surface area contributed by atoms with E-state index in [2.05, 4.69) is 0 Å². The highest BCUT2D eigenvalue weighted by atomic mass is 16.6. The molecule has 0 spiro atoms. The zero-order chi connectivity index (χ0) is 10.3. The number of nitro benzene ring substituents is 1. The van der Waals surface area contributed by atoms with Crippen LogP contribution in [0.5, 0.6) is 0 Å². The summed E-state index contributed by atoms with van der Waals surface area (Å²) < 4.78 is 0. The van der Waals surface area contributed by atoms with Crippen LogP contribution in [0, 0.1) is 17.0 Å². The molecule has 1 unspecified atom stereocenters. The van der Waals surface area contributed by atoms with Gasteiger partial charge in [0.25, 0.3) is 5.69 Å². The summed E-state index contributed by atoms with van der Waals surface area (Å²) in [5, 5.41) is 10.7. The largest absolute Gasteiger partial charge is 0.324 e. The van der Waals surface area contributed by atoms with Gasteiger partial charge in [-0.2, -0.15) is 0 Å². The maximum absolute atomic E-state index is 10.7. The van der Waals surface area contributed by atoms with Crippen LogP contribution in [0.15, 0.2) is 12.1 Å². The Bertz CT molecular complexity index is 401. The highest BCUT2D eigenvalue weighted by Gasteiger charge is 2.23. The van der Waals surface area contributed by atoms with E-state index in [0.29, 0.717) is 0 Å². The van der Waals surface area contributed by atoms with Crippen molar-refractivity contribution < 1.29 is 4.92 Å². The van der Waals surface area contributed by atoms with E-state index < -0.39 is 0 Å². The van der Waals surface area contributed by atoms with Gasteiger partial charge in [-0.15, -0.1) is 0 Å². The first-order chi connectivity index (χ1) is 6.59. The molecule has 0 aliphatic heterocycles. The smallest absolute Gasteiger partial charge is 0.272 e. The van der Waals surface area contributed by atoms with Gasteiger partial charge in [-0.25, -0.2) is 0 Å². The number of benzene rings is 1. The van der Waals surface area contributed by atoms with Crippen molar-refractivity contribution in [3.05, 3.63) is 38.9 Å². The molecule has 1 aliphatic rings. The van der Waals surface area contributed by atoms with Crippen LogP contribution in [-0.2, 0) is 6.42 Å². The molecule has 4 nitrogen and oxygen atoms in total.